The molecule has 0 nitrogen and oxygen atoms in total. The minimum atomic E-state index is 0. The Labute approximate surface area is 102 Å². The van der Waals surface area contributed by atoms with Gasteiger partial charge in [0.1, 0.15) is 0 Å². The molecular formula is C8H15Cl2SiTi. The quantitative estimate of drug-likeness (QED) is 0.582. The molecule has 1 rings (SSSR count). The van der Waals surface area contributed by atoms with Gasteiger partial charge in [0, 0.05) is 0 Å². The van der Waals surface area contributed by atoms with Crippen LogP contribution < -0.4 is 0 Å². The van der Waals surface area contributed by atoms with Gasteiger partial charge in [-0.05, 0) is 0 Å². The van der Waals surface area contributed by atoms with Crippen LogP contribution in [0.25, 0.3) is 0 Å². The van der Waals surface area contributed by atoms with Crippen LogP contribution in [0.3, 0.4) is 0 Å². The van der Waals surface area contributed by atoms with Crippen molar-refractivity contribution in [2.75, 3.05) is 0 Å². The van der Waals surface area contributed by atoms with Crippen molar-refractivity contribution in [2.45, 2.75) is 20.8 Å². The molecule has 1 aliphatic carbocycles. The van der Waals surface area contributed by atoms with Crippen LogP contribution in [0.1, 0.15) is 20.8 Å². The van der Waals surface area contributed by atoms with Gasteiger partial charge in [0.15, 0.2) is 0 Å². The summed E-state index contributed by atoms with van der Waals surface area (Å²) in [6.07, 6.45) is 0. The first-order chi connectivity index (χ1) is 4.55. The first-order valence-corrected chi connectivity index (χ1v) is 5.44. The second-order valence-corrected chi connectivity index (χ2v) is 4.91. The van der Waals surface area contributed by atoms with Crippen molar-refractivity contribution in [2.24, 2.45) is 5.92 Å². The van der Waals surface area contributed by atoms with E-state index >= 15 is 0 Å². The number of rotatable bonds is 0. The van der Waals surface area contributed by atoms with E-state index in [0.29, 0.717) is 0 Å². The summed E-state index contributed by atoms with van der Waals surface area (Å²) in [6.45, 7) is 6.82. The van der Waals surface area contributed by atoms with Gasteiger partial charge in [0.25, 0.3) is 0 Å². The van der Waals surface area contributed by atoms with Crippen LogP contribution in [0.4, 0.5) is 0 Å². The summed E-state index contributed by atoms with van der Waals surface area (Å²) in [5.41, 5.74) is 3.15. The van der Waals surface area contributed by atoms with E-state index in [1.54, 1.807) is 20.2 Å². The summed E-state index contributed by atoms with van der Waals surface area (Å²) in [5, 5.41) is 1.64. The van der Waals surface area contributed by atoms with Crippen LogP contribution in [0.5, 0.6) is 0 Å². The van der Waals surface area contributed by atoms with Crippen molar-refractivity contribution in [1.29, 1.82) is 0 Å². The van der Waals surface area contributed by atoms with Crippen molar-refractivity contribution in [1.82, 2.24) is 0 Å². The predicted octanol–water partition coefficient (Wildman–Crippen LogP) is 1.94. The Balaban J connectivity index is 0. The van der Waals surface area contributed by atoms with Crippen molar-refractivity contribution >= 4 is 35.1 Å². The zero-order valence-electron chi connectivity index (χ0n) is 7.89. The second kappa shape index (κ2) is 5.66. The molecule has 4 heteroatoms. The average molecular weight is 258 g/mol. The number of allylic oxidation sites excluding steroid dienone is 4. The Morgan fingerprint density at radius 1 is 1.25 bits per heavy atom. The minimum Gasteiger partial charge on any atom is -0.147 e. The molecule has 12 heavy (non-hydrogen) atoms. The Hall–Kier alpha value is 0.991. The second-order valence-electron chi connectivity index (χ2n) is 3.07. The zero-order valence-corrected chi connectivity index (χ0v) is 13.1. The molecular weight excluding hydrogens is 243 g/mol. The molecule has 0 saturated carbocycles. The molecule has 69 valence electrons. The van der Waals surface area contributed by atoms with E-state index in [4.69, 9.17) is 0 Å². The third kappa shape index (κ3) is 2.49. The van der Waals surface area contributed by atoms with Gasteiger partial charge in [-0.1, -0.05) is 0 Å². The van der Waals surface area contributed by atoms with Crippen LogP contribution in [0.15, 0.2) is 20.2 Å². The van der Waals surface area contributed by atoms with Gasteiger partial charge in [-0.25, -0.2) is 0 Å². The third-order valence-electron chi connectivity index (χ3n) is 2.64. The van der Waals surface area contributed by atoms with Crippen molar-refractivity contribution in [3.63, 3.8) is 0 Å². The van der Waals surface area contributed by atoms with Crippen LogP contribution in [-0.2, 0) is 20.4 Å². The average Bonchev–Trinajstić information content (AvgIpc) is 2.07. The fourth-order valence-electron chi connectivity index (χ4n) is 1.36. The summed E-state index contributed by atoms with van der Waals surface area (Å²) in [5.74, 6) is 0.729. The fraction of sp³-hybridized carbons (Fsp3) is 0.500. The van der Waals surface area contributed by atoms with E-state index in [9.17, 15) is 0 Å². The summed E-state index contributed by atoms with van der Waals surface area (Å²) in [7, 11) is 1.22. The summed E-state index contributed by atoms with van der Waals surface area (Å²) >= 11 is 2.27. The number of halogens is 2. The molecule has 0 radical (unpaired) electrons. The minimum absolute atomic E-state index is 0. The first-order valence-electron chi connectivity index (χ1n) is 3.65. The molecule has 0 bridgehead atoms. The smallest absolute Gasteiger partial charge is 0.147 e. The van der Waals surface area contributed by atoms with E-state index in [0.717, 1.165) is 5.92 Å². The molecule has 0 aromatic rings. The maximum absolute atomic E-state index is 2.30. The van der Waals surface area contributed by atoms with Crippen LogP contribution in [-0.4, -0.2) is 10.2 Å². The first kappa shape index (κ1) is 15.5. The van der Waals surface area contributed by atoms with Gasteiger partial charge in [0.05, 0.1) is 0 Å². The molecule has 1 aliphatic rings. The van der Waals surface area contributed by atoms with Crippen molar-refractivity contribution in [3.05, 3.63) is 20.2 Å². The Morgan fingerprint density at radius 3 is 1.75 bits per heavy atom. The van der Waals surface area contributed by atoms with Gasteiger partial charge in [-0.3, -0.25) is 0 Å². The molecule has 0 aliphatic heterocycles. The Kier molecular flexibility index (Phi) is 7.30. The molecule has 1 unspecified atom stereocenters. The summed E-state index contributed by atoms with van der Waals surface area (Å²) < 4.78 is 1.61. The van der Waals surface area contributed by atoms with Gasteiger partial charge in [-0.2, -0.15) is 0 Å². The molecule has 0 aromatic heterocycles. The zero-order chi connectivity index (χ0) is 7.89. The Bertz CT molecular complexity index is 209. The number of hydrogen-bond acceptors (Lipinski definition) is 0. The SMILES string of the molecule is CC1=C(C)C(C)[C]([Ti])=C1[SiH3].Cl.Cl. The standard InChI is InChI=1S/C8H13Si.2ClH.Ti/c1-5-4-8(9)7(3)6(5)2;;;/h5H,1-3,9H3;2*1H;. The summed E-state index contributed by atoms with van der Waals surface area (Å²) in [6, 6.07) is 0. The van der Waals surface area contributed by atoms with Crippen LogP contribution in [0, 0.1) is 5.92 Å². The van der Waals surface area contributed by atoms with Crippen molar-refractivity contribution in [3.8, 4) is 0 Å². The Morgan fingerprint density at radius 2 is 1.67 bits per heavy atom. The van der Waals surface area contributed by atoms with Gasteiger partial charge < -0.3 is 0 Å². The van der Waals surface area contributed by atoms with Gasteiger partial charge in [0.2, 0.25) is 0 Å². The van der Waals surface area contributed by atoms with Gasteiger partial charge in [-0.15, -0.1) is 24.8 Å². The van der Waals surface area contributed by atoms with Crippen LogP contribution >= 0.6 is 24.8 Å². The largest absolute Gasteiger partial charge is 0.147 e. The fourth-order valence-corrected chi connectivity index (χ4v) is 2.82. The molecule has 1 atom stereocenters. The van der Waals surface area contributed by atoms with Crippen LogP contribution in [0.2, 0.25) is 0 Å². The molecule has 0 amide bonds. The van der Waals surface area contributed by atoms with E-state index in [-0.39, 0.29) is 24.8 Å². The van der Waals surface area contributed by atoms with E-state index in [1.807, 2.05) is 0 Å². The molecule has 0 aromatic carbocycles. The number of hydrogen-bond donors (Lipinski definition) is 0. The normalized spacial score (nSPS) is 22.3. The predicted molar refractivity (Wildman–Crippen MR) is 59.0 cm³/mol. The maximum atomic E-state index is 2.30. The van der Waals surface area contributed by atoms with Crippen molar-refractivity contribution < 1.29 is 20.4 Å². The molecule has 0 saturated heterocycles. The monoisotopic (exact) mass is 257 g/mol. The van der Waals surface area contributed by atoms with E-state index < -0.39 is 0 Å². The summed E-state index contributed by atoms with van der Waals surface area (Å²) in [4.78, 5) is 0. The maximum Gasteiger partial charge on any atom is -0.147 e. The topological polar surface area (TPSA) is 0 Å². The third-order valence-corrected chi connectivity index (χ3v) is 5.97. The van der Waals surface area contributed by atoms with Gasteiger partial charge >= 0.3 is 77.6 Å². The molecule has 0 spiro atoms. The molecule has 0 heterocycles. The van der Waals surface area contributed by atoms with E-state index in [2.05, 4.69) is 41.2 Å². The molecule has 0 fully saturated rings. The van der Waals surface area contributed by atoms with E-state index in [1.165, 1.54) is 10.2 Å². The molecule has 0 N–H and O–H groups in total.